The zero-order valence-corrected chi connectivity index (χ0v) is 50.1. The van der Waals surface area contributed by atoms with Crippen LogP contribution in [0.25, 0.3) is 0 Å². The van der Waals surface area contributed by atoms with E-state index >= 15 is 0 Å². The van der Waals surface area contributed by atoms with Gasteiger partial charge in [0.15, 0.2) is 24.6 Å². The Hall–Kier alpha value is -3.84. The molecule has 1 aliphatic heterocycles. The summed E-state index contributed by atoms with van der Waals surface area (Å²) >= 11 is 0. The molecular formula is C67H114O12. The lowest BCUT2D eigenvalue weighted by Crippen LogP contribution is -2.61. The van der Waals surface area contributed by atoms with Crippen LogP contribution in [0, 0.1) is 0 Å². The van der Waals surface area contributed by atoms with Crippen LogP contribution in [-0.2, 0) is 42.9 Å². The Kier molecular flexibility index (Phi) is 50.7. The van der Waals surface area contributed by atoms with Gasteiger partial charge in [-0.1, -0.05) is 248 Å². The SMILES string of the molecule is CC/C=C\C/C=C\C/C=C\C/C=C\C/C=C\CCCC(=O)OC1C(OCC(COC(=O)CCCCCCCCCCC/C=C\CCCCCCCC)OC(=O)CCCCCCCCCCCCCCC)OC(C(=O)O)C(O)C1O. The topological polar surface area (TPSA) is 175 Å². The van der Waals surface area contributed by atoms with Gasteiger partial charge in [0, 0.05) is 19.3 Å². The Balaban J connectivity index is 2.68. The van der Waals surface area contributed by atoms with Crippen molar-refractivity contribution in [1.82, 2.24) is 0 Å². The zero-order valence-electron chi connectivity index (χ0n) is 50.1. The van der Waals surface area contributed by atoms with Crippen LogP contribution in [0.5, 0.6) is 0 Å². The molecule has 12 heteroatoms. The van der Waals surface area contributed by atoms with E-state index in [4.69, 9.17) is 23.7 Å². The molecule has 3 N–H and O–H groups in total. The number of carboxylic acid groups (broad SMARTS) is 1. The average molecular weight is 1110 g/mol. The Morgan fingerprint density at radius 3 is 1.27 bits per heavy atom. The van der Waals surface area contributed by atoms with Gasteiger partial charge in [-0.25, -0.2) is 4.79 Å². The molecule has 1 heterocycles. The first kappa shape index (κ1) is 73.2. The number of aliphatic hydroxyl groups excluding tert-OH is 2. The highest BCUT2D eigenvalue weighted by Crippen LogP contribution is 2.26. The fourth-order valence-electron chi connectivity index (χ4n) is 9.40. The van der Waals surface area contributed by atoms with E-state index in [-0.39, 0.29) is 25.9 Å². The molecule has 1 rings (SSSR count). The third-order valence-corrected chi connectivity index (χ3v) is 14.3. The van der Waals surface area contributed by atoms with Crippen molar-refractivity contribution in [3.8, 4) is 0 Å². The zero-order chi connectivity index (χ0) is 57.5. The lowest BCUT2D eigenvalue weighted by atomic mass is 9.98. The van der Waals surface area contributed by atoms with Crippen LogP contribution in [0.4, 0.5) is 0 Å². The number of aliphatic carboxylic acids is 1. The molecule has 6 unspecified atom stereocenters. The van der Waals surface area contributed by atoms with Crippen LogP contribution in [0.3, 0.4) is 0 Å². The van der Waals surface area contributed by atoms with Gasteiger partial charge >= 0.3 is 23.9 Å². The molecule has 454 valence electrons. The van der Waals surface area contributed by atoms with Crippen molar-refractivity contribution in [3.05, 3.63) is 72.9 Å². The van der Waals surface area contributed by atoms with Gasteiger partial charge in [0.25, 0.3) is 0 Å². The lowest BCUT2D eigenvalue weighted by Gasteiger charge is -2.40. The van der Waals surface area contributed by atoms with Gasteiger partial charge in [-0.05, 0) is 83.5 Å². The summed E-state index contributed by atoms with van der Waals surface area (Å²) in [6, 6.07) is 0. The minimum absolute atomic E-state index is 0.0181. The second-order valence-corrected chi connectivity index (χ2v) is 21.7. The Labute approximate surface area is 480 Å². The first-order valence-corrected chi connectivity index (χ1v) is 31.9. The van der Waals surface area contributed by atoms with Crippen molar-refractivity contribution in [3.63, 3.8) is 0 Å². The first-order valence-electron chi connectivity index (χ1n) is 31.9. The molecule has 0 radical (unpaired) electrons. The average Bonchev–Trinajstić information content (AvgIpc) is 3.46. The van der Waals surface area contributed by atoms with Crippen molar-refractivity contribution in [2.75, 3.05) is 13.2 Å². The summed E-state index contributed by atoms with van der Waals surface area (Å²) in [7, 11) is 0. The summed E-state index contributed by atoms with van der Waals surface area (Å²) in [6.07, 6.45) is 57.3. The van der Waals surface area contributed by atoms with Crippen LogP contribution in [0.1, 0.15) is 278 Å². The van der Waals surface area contributed by atoms with Gasteiger partial charge in [0.2, 0.25) is 0 Å². The predicted octanol–water partition coefficient (Wildman–Crippen LogP) is 16.9. The van der Waals surface area contributed by atoms with Crippen LogP contribution >= 0.6 is 0 Å². The van der Waals surface area contributed by atoms with Crippen molar-refractivity contribution < 1.29 is 58.2 Å². The molecule has 0 aromatic heterocycles. The molecule has 6 atom stereocenters. The van der Waals surface area contributed by atoms with Gasteiger partial charge in [-0.3, -0.25) is 14.4 Å². The minimum atomic E-state index is -1.92. The molecule has 0 aliphatic carbocycles. The fourth-order valence-corrected chi connectivity index (χ4v) is 9.40. The summed E-state index contributed by atoms with van der Waals surface area (Å²) in [4.78, 5) is 51.2. The van der Waals surface area contributed by atoms with E-state index < -0.39 is 67.3 Å². The number of esters is 3. The molecule has 0 amide bonds. The van der Waals surface area contributed by atoms with E-state index in [2.05, 4.69) is 81.5 Å². The van der Waals surface area contributed by atoms with Crippen molar-refractivity contribution in [2.45, 2.75) is 314 Å². The van der Waals surface area contributed by atoms with E-state index in [0.29, 0.717) is 25.7 Å². The van der Waals surface area contributed by atoms with Gasteiger partial charge in [0.1, 0.15) is 18.8 Å². The number of unbranched alkanes of at least 4 members (excludes halogenated alkanes) is 28. The molecule has 0 spiro atoms. The molecule has 1 saturated heterocycles. The molecule has 0 bridgehead atoms. The molecular weight excluding hydrogens is 997 g/mol. The quantitative estimate of drug-likeness (QED) is 0.0228. The summed E-state index contributed by atoms with van der Waals surface area (Å²) < 4.78 is 28.4. The van der Waals surface area contributed by atoms with Crippen molar-refractivity contribution >= 4 is 23.9 Å². The van der Waals surface area contributed by atoms with Crippen molar-refractivity contribution in [2.24, 2.45) is 0 Å². The molecule has 1 aliphatic rings. The maximum atomic E-state index is 13.2. The van der Waals surface area contributed by atoms with E-state index in [1.165, 1.54) is 141 Å². The number of carbonyl (C=O) groups is 4. The van der Waals surface area contributed by atoms with E-state index in [1.807, 2.05) is 12.2 Å². The second kappa shape index (κ2) is 54.7. The molecule has 0 saturated carbocycles. The third-order valence-electron chi connectivity index (χ3n) is 14.3. The largest absolute Gasteiger partial charge is 0.479 e. The van der Waals surface area contributed by atoms with Crippen molar-refractivity contribution in [1.29, 1.82) is 0 Å². The summed E-state index contributed by atoms with van der Waals surface area (Å²) in [5.41, 5.74) is 0. The maximum Gasteiger partial charge on any atom is 0.335 e. The van der Waals surface area contributed by atoms with Gasteiger partial charge < -0.3 is 39.0 Å². The third kappa shape index (κ3) is 44.5. The first-order chi connectivity index (χ1) is 38.6. The Morgan fingerprint density at radius 2 is 0.810 bits per heavy atom. The van der Waals surface area contributed by atoms with Crippen LogP contribution in [0.2, 0.25) is 0 Å². The normalized spacial score (nSPS) is 18.3. The van der Waals surface area contributed by atoms with E-state index in [1.54, 1.807) is 0 Å². The van der Waals surface area contributed by atoms with Crippen LogP contribution in [-0.4, -0.2) is 89.2 Å². The molecule has 0 aromatic rings. The predicted molar refractivity (Wildman–Crippen MR) is 322 cm³/mol. The van der Waals surface area contributed by atoms with Gasteiger partial charge in [-0.15, -0.1) is 0 Å². The standard InChI is InChI=1S/C67H114O12/c1-4-7-10-13-16-19-22-25-27-29-30-32-33-36-38-41-44-47-50-53-59(68)75-56-58(77-60(69)54-51-48-45-42-39-35-24-21-18-15-12-9-6-3)57-76-67-65(63(72)62(71)64(79-67)66(73)74)78-61(70)55-52-49-46-43-40-37-34-31-28-26-23-20-17-14-11-8-5-2/h8,11,17,20,25-28,34,37,43,46,58,62-65,67,71-72H,4-7,9-10,12-16,18-19,21-24,29-33,35-36,38-42,44-45,47-57H2,1-3H3,(H,73,74)/b11-8-,20-17-,27-25-,28-26-,37-34-,46-43-. The highest BCUT2D eigenvalue weighted by atomic mass is 16.7. The molecule has 1 fully saturated rings. The Morgan fingerprint density at radius 1 is 0.430 bits per heavy atom. The second-order valence-electron chi connectivity index (χ2n) is 21.7. The molecule has 79 heavy (non-hydrogen) atoms. The number of hydrogen-bond donors (Lipinski definition) is 3. The molecule has 0 aromatic carbocycles. The summed E-state index contributed by atoms with van der Waals surface area (Å²) in [6.45, 7) is 5.87. The number of allylic oxidation sites excluding steroid dienone is 12. The smallest absolute Gasteiger partial charge is 0.335 e. The summed E-state index contributed by atoms with van der Waals surface area (Å²) in [5.74, 6) is -3.18. The van der Waals surface area contributed by atoms with Gasteiger partial charge in [-0.2, -0.15) is 0 Å². The monoisotopic (exact) mass is 1110 g/mol. The summed E-state index contributed by atoms with van der Waals surface area (Å²) in [5, 5.41) is 31.5. The maximum absolute atomic E-state index is 13.2. The number of carboxylic acids is 1. The van der Waals surface area contributed by atoms with E-state index in [0.717, 1.165) is 70.6 Å². The number of hydrogen-bond acceptors (Lipinski definition) is 11. The van der Waals surface area contributed by atoms with Gasteiger partial charge in [0.05, 0.1) is 6.61 Å². The highest BCUT2D eigenvalue weighted by molar-refractivity contribution is 5.74. The lowest BCUT2D eigenvalue weighted by molar-refractivity contribution is -0.301. The fraction of sp³-hybridized carbons (Fsp3) is 0.761. The number of ether oxygens (including phenoxy) is 5. The number of aliphatic hydroxyl groups is 2. The number of carbonyl (C=O) groups excluding carboxylic acids is 3. The van der Waals surface area contributed by atoms with E-state index in [9.17, 15) is 34.5 Å². The Bertz CT molecular complexity index is 1650. The molecule has 12 nitrogen and oxygen atoms in total. The minimum Gasteiger partial charge on any atom is -0.479 e. The number of rotatable bonds is 54. The highest BCUT2D eigenvalue weighted by Gasteiger charge is 2.50. The van der Waals surface area contributed by atoms with Crippen LogP contribution < -0.4 is 0 Å². The van der Waals surface area contributed by atoms with Crippen LogP contribution in [0.15, 0.2) is 72.9 Å².